The van der Waals surface area contributed by atoms with Gasteiger partial charge in [0, 0.05) is 24.9 Å². The molecule has 2 unspecified atom stereocenters. The largest absolute Gasteiger partial charge is 0.481 e. The molecule has 0 saturated carbocycles. The third-order valence-corrected chi connectivity index (χ3v) is 5.82. The molecule has 1 aliphatic rings. The van der Waals surface area contributed by atoms with Crippen molar-refractivity contribution < 1.29 is 29.3 Å². The summed E-state index contributed by atoms with van der Waals surface area (Å²) in [7, 11) is 0. The zero-order valence-corrected chi connectivity index (χ0v) is 18.6. The van der Waals surface area contributed by atoms with E-state index in [1.807, 2.05) is 31.2 Å². The van der Waals surface area contributed by atoms with Crippen molar-refractivity contribution in [2.45, 2.75) is 50.7 Å². The molecule has 0 fully saturated rings. The van der Waals surface area contributed by atoms with Crippen LogP contribution in [0.3, 0.4) is 0 Å². The van der Waals surface area contributed by atoms with Crippen LogP contribution in [0.5, 0.6) is 0 Å². The Kier molecular flexibility index (Phi) is 8.43. The minimum Gasteiger partial charge on any atom is -0.481 e. The number of fused-ring (bicyclic) bond motifs is 3. The Bertz CT molecular complexity index is 947. The summed E-state index contributed by atoms with van der Waals surface area (Å²) in [6, 6.07) is 16.0. The van der Waals surface area contributed by atoms with Crippen LogP contribution in [0.25, 0.3) is 11.1 Å². The molecular formula is C25H30N2O6. The zero-order chi connectivity index (χ0) is 23.8. The van der Waals surface area contributed by atoms with Crippen LogP contribution in [-0.4, -0.2) is 53.5 Å². The fourth-order valence-corrected chi connectivity index (χ4v) is 4.08. The van der Waals surface area contributed by atoms with Gasteiger partial charge in [0.05, 0.1) is 12.5 Å². The number of alkyl carbamates (subject to hydrolysis) is 1. The van der Waals surface area contributed by atoms with Gasteiger partial charge in [-0.05, 0) is 35.1 Å². The number of amides is 2. The van der Waals surface area contributed by atoms with E-state index in [9.17, 15) is 19.5 Å². The second-order valence-corrected chi connectivity index (χ2v) is 8.17. The average molecular weight is 455 g/mol. The number of aliphatic hydroxyl groups is 1. The van der Waals surface area contributed by atoms with E-state index in [-0.39, 0.29) is 37.4 Å². The van der Waals surface area contributed by atoms with Gasteiger partial charge in [0.25, 0.3) is 0 Å². The van der Waals surface area contributed by atoms with Gasteiger partial charge in [-0.1, -0.05) is 55.5 Å². The van der Waals surface area contributed by atoms with E-state index < -0.39 is 24.6 Å². The minimum absolute atomic E-state index is 0.0220. The maximum atomic E-state index is 12.4. The Morgan fingerprint density at radius 1 is 1.03 bits per heavy atom. The highest BCUT2D eigenvalue weighted by Gasteiger charge is 2.29. The summed E-state index contributed by atoms with van der Waals surface area (Å²) in [5.74, 6) is -1.46. The van der Waals surface area contributed by atoms with E-state index in [1.54, 1.807) is 0 Å². The summed E-state index contributed by atoms with van der Waals surface area (Å²) in [6.07, 6.45) is -0.919. The third-order valence-electron chi connectivity index (χ3n) is 5.82. The number of hydrogen-bond donors (Lipinski definition) is 4. The van der Waals surface area contributed by atoms with Crippen LogP contribution in [0, 0.1) is 0 Å². The number of nitrogens with one attached hydrogen (secondary N) is 2. The lowest BCUT2D eigenvalue weighted by atomic mass is 9.98. The molecule has 0 aliphatic heterocycles. The molecule has 3 rings (SSSR count). The van der Waals surface area contributed by atoms with Crippen molar-refractivity contribution in [1.82, 2.24) is 10.6 Å². The summed E-state index contributed by atoms with van der Waals surface area (Å²) < 4.78 is 5.56. The fraction of sp³-hybridized carbons (Fsp3) is 0.400. The van der Waals surface area contributed by atoms with Gasteiger partial charge in [-0.2, -0.15) is 0 Å². The molecule has 4 N–H and O–H groups in total. The number of carboxylic acid groups (broad SMARTS) is 1. The molecule has 1 aliphatic carbocycles. The van der Waals surface area contributed by atoms with Gasteiger partial charge in [-0.3, -0.25) is 9.59 Å². The van der Waals surface area contributed by atoms with E-state index in [0.717, 1.165) is 22.3 Å². The van der Waals surface area contributed by atoms with E-state index >= 15 is 0 Å². The summed E-state index contributed by atoms with van der Waals surface area (Å²) in [6.45, 7) is 2.00. The lowest BCUT2D eigenvalue weighted by molar-refractivity contribution is -0.139. The molecule has 176 valence electrons. The van der Waals surface area contributed by atoms with Crippen LogP contribution in [0.4, 0.5) is 4.79 Å². The van der Waals surface area contributed by atoms with Gasteiger partial charge in [0.2, 0.25) is 5.91 Å². The number of carbonyl (C=O) groups is 3. The van der Waals surface area contributed by atoms with Crippen LogP contribution < -0.4 is 10.6 Å². The van der Waals surface area contributed by atoms with Crippen molar-refractivity contribution in [3.8, 4) is 11.1 Å². The normalized spacial score (nSPS) is 14.0. The van der Waals surface area contributed by atoms with E-state index in [2.05, 4.69) is 34.9 Å². The molecule has 33 heavy (non-hydrogen) atoms. The number of aliphatic hydroxyl groups excluding tert-OH is 1. The number of benzene rings is 2. The first-order chi connectivity index (χ1) is 15.9. The second-order valence-electron chi connectivity index (χ2n) is 8.17. The van der Waals surface area contributed by atoms with Crippen LogP contribution in [-0.2, 0) is 14.3 Å². The maximum Gasteiger partial charge on any atom is 0.407 e. The molecule has 0 heterocycles. The smallest absolute Gasteiger partial charge is 0.407 e. The Morgan fingerprint density at radius 3 is 2.21 bits per heavy atom. The zero-order valence-electron chi connectivity index (χ0n) is 18.6. The van der Waals surface area contributed by atoms with Gasteiger partial charge >= 0.3 is 12.1 Å². The summed E-state index contributed by atoms with van der Waals surface area (Å²) in [5.41, 5.74) is 4.60. The van der Waals surface area contributed by atoms with Crippen LogP contribution in [0.1, 0.15) is 49.7 Å². The Balaban J connectivity index is 1.46. The van der Waals surface area contributed by atoms with E-state index in [0.29, 0.717) is 12.8 Å². The van der Waals surface area contributed by atoms with Gasteiger partial charge in [-0.15, -0.1) is 0 Å². The van der Waals surface area contributed by atoms with Crippen molar-refractivity contribution in [2.24, 2.45) is 0 Å². The molecule has 0 radical (unpaired) electrons. The first kappa shape index (κ1) is 24.3. The van der Waals surface area contributed by atoms with Crippen molar-refractivity contribution in [3.63, 3.8) is 0 Å². The molecule has 0 spiro atoms. The predicted molar refractivity (Wildman–Crippen MR) is 123 cm³/mol. The lowest BCUT2D eigenvalue weighted by Crippen LogP contribution is -2.37. The Hall–Kier alpha value is -3.39. The summed E-state index contributed by atoms with van der Waals surface area (Å²) in [4.78, 5) is 34.9. The number of ether oxygens (including phenoxy) is 1. The van der Waals surface area contributed by atoms with E-state index in [1.165, 1.54) is 0 Å². The predicted octanol–water partition coefficient (Wildman–Crippen LogP) is 3.04. The third kappa shape index (κ3) is 6.55. The van der Waals surface area contributed by atoms with Crippen molar-refractivity contribution in [3.05, 3.63) is 59.7 Å². The fourth-order valence-electron chi connectivity index (χ4n) is 4.08. The molecule has 0 saturated heterocycles. The highest BCUT2D eigenvalue weighted by molar-refractivity contribution is 5.79. The first-order valence-corrected chi connectivity index (χ1v) is 11.2. The second kappa shape index (κ2) is 11.5. The monoisotopic (exact) mass is 454 g/mol. The van der Waals surface area contributed by atoms with E-state index in [4.69, 9.17) is 9.84 Å². The topological polar surface area (TPSA) is 125 Å². The summed E-state index contributed by atoms with van der Waals surface area (Å²) >= 11 is 0. The van der Waals surface area contributed by atoms with Gasteiger partial charge in [0.15, 0.2) is 0 Å². The molecule has 8 heteroatoms. The highest BCUT2D eigenvalue weighted by atomic mass is 16.5. The van der Waals surface area contributed by atoms with Gasteiger partial charge in [0.1, 0.15) is 6.61 Å². The Morgan fingerprint density at radius 2 is 1.64 bits per heavy atom. The van der Waals surface area contributed by atoms with Crippen LogP contribution in [0.2, 0.25) is 0 Å². The number of rotatable bonds is 11. The molecule has 2 amide bonds. The average Bonchev–Trinajstić information content (AvgIpc) is 3.12. The molecule has 2 aromatic carbocycles. The quantitative estimate of drug-likeness (QED) is 0.414. The SMILES string of the molecule is CCC(CCC(=O)NCC(O)CC(=O)O)NC(=O)OCC1c2ccccc2-c2ccccc21. The maximum absolute atomic E-state index is 12.4. The standard InChI is InChI=1S/C25H30N2O6/c1-2-16(11-12-23(29)26-14-17(28)13-24(30)31)27-25(32)33-15-22-20-9-5-3-7-18(20)19-8-4-6-10-21(19)22/h3-10,16-17,22,28H,2,11-15H2,1H3,(H,26,29)(H,27,32)(H,30,31). The molecule has 8 nitrogen and oxygen atoms in total. The van der Waals surface area contributed by atoms with Crippen molar-refractivity contribution >= 4 is 18.0 Å². The minimum atomic E-state index is -1.13. The first-order valence-electron chi connectivity index (χ1n) is 11.2. The number of carbonyl (C=O) groups excluding carboxylic acids is 2. The van der Waals surface area contributed by atoms with Crippen molar-refractivity contribution in [1.29, 1.82) is 0 Å². The number of aliphatic carboxylic acids is 1. The Labute approximate surface area is 193 Å². The number of hydrogen-bond acceptors (Lipinski definition) is 5. The van der Waals surface area contributed by atoms with Crippen molar-refractivity contribution in [2.75, 3.05) is 13.2 Å². The molecular weight excluding hydrogens is 424 g/mol. The van der Waals surface area contributed by atoms with Gasteiger partial charge in [-0.25, -0.2) is 4.79 Å². The lowest BCUT2D eigenvalue weighted by Gasteiger charge is -2.19. The molecule has 2 aromatic rings. The molecule has 0 aromatic heterocycles. The van der Waals surface area contributed by atoms with Gasteiger partial charge < -0.3 is 25.6 Å². The molecule has 0 bridgehead atoms. The van der Waals surface area contributed by atoms with Crippen LogP contribution >= 0.6 is 0 Å². The summed E-state index contributed by atoms with van der Waals surface area (Å²) in [5, 5.41) is 23.5. The molecule has 2 atom stereocenters. The number of carboxylic acids is 1. The van der Waals surface area contributed by atoms with Crippen LogP contribution in [0.15, 0.2) is 48.5 Å². The highest BCUT2D eigenvalue weighted by Crippen LogP contribution is 2.44.